The molecule has 51 heavy (non-hydrogen) atoms. The molecule has 2 fully saturated rings. The molecule has 0 amide bonds. The standard InChI is InChI=1S/C38H37N13/c1-3-17-49(18-4-1)26-9-11-29(31(21-26)45-35-39-13-7-14-40-35)33-23-28-24-34(48-38-44-25-43-37(47-33)51(28)38)30-12-10-27(50-19-5-2-6-20-50)22-32(30)46-36-41-15-8-16-42-36/h7-16,21-25H,1-6,17-20H2,(H,39,40,45)(H,41,42,46). The van der Waals surface area contributed by atoms with Gasteiger partial charge in [0, 0.05) is 73.5 Å². The van der Waals surface area contributed by atoms with E-state index < -0.39 is 0 Å². The van der Waals surface area contributed by atoms with Crippen LogP contribution in [-0.2, 0) is 0 Å². The fourth-order valence-electron chi connectivity index (χ4n) is 7.12. The highest BCUT2D eigenvalue weighted by Gasteiger charge is 2.32. The van der Waals surface area contributed by atoms with Gasteiger partial charge in [0.15, 0.2) is 0 Å². The van der Waals surface area contributed by atoms with Crippen LogP contribution in [0, 0.1) is 0 Å². The van der Waals surface area contributed by atoms with E-state index in [-0.39, 0.29) is 0 Å². The minimum absolute atomic E-state index is 0.505. The number of aromatic nitrogens is 4. The molecule has 2 saturated heterocycles. The third kappa shape index (κ3) is 6.33. The van der Waals surface area contributed by atoms with Gasteiger partial charge >= 0.3 is 0 Å². The fraction of sp³-hybridized carbons (Fsp3) is 0.263. The molecule has 4 aromatic rings. The van der Waals surface area contributed by atoms with Crippen LogP contribution in [0.5, 0.6) is 0 Å². The number of nitrogens with zero attached hydrogens (tertiary/aromatic N) is 11. The van der Waals surface area contributed by atoms with Crippen molar-refractivity contribution in [2.24, 2.45) is 20.0 Å². The van der Waals surface area contributed by atoms with Crippen LogP contribution in [0.25, 0.3) is 5.70 Å². The smallest absolute Gasteiger partial charge is 0.239 e. The molecule has 0 aliphatic carbocycles. The van der Waals surface area contributed by atoms with Gasteiger partial charge in [0.2, 0.25) is 23.8 Å². The monoisotopic (exact) mass is 675 g/mol. The van der Waals surface area contributed by atoms with E-state index in [9.17, 15) is 0 Å². The number of allylic oxidation sites excluding steroid dienone is 2. The van der Waals surface area contributed by atoms with Gasteiger partial charge in [-0.1, -0.05) is 0 Å². The summed E-state index contributed by atoms with van der Waals surface area (Å²) in [6, 6.07) is 16.6. The number of nitrogens with one attached hydrogen (secondary N) is 2. The molecular weight excluding hydrogens is 639 g/mol. The minimum atomic E-state index is 0.505. The second kappa shape index (κ2) is 13.6. The zero-order chi connectivity index (χ0) is 34.0. The number of hydrogen-bond acceptors (Lipinski definition) is 13. The van der Waals surface area contributed by atoms with Crippen LogP contribution in [0.3, 0.4) is 0 Å². The quantitative estimate of drug-likeness (QED) is 0.214. The largest absolute Gasteiger partial charge is 0.371 e. The Morgan fingerprint density at radius 1 is 0.569 bits per heavy atom. The van der Waals surface area contributed by atoms with Crippen molar-refractivity contribution in [3.05, 3.63) is 102 Å². The summed E-state index contributed by atoms with van der Waals surface area (Å²) in [4.78, 5) is 43.8. The van der Waals surface area contributed by atoms with E-state index in [0.717, 1.165) is 77.2 Å². The van der Waals surface area contributed by atoms with Gasteiger partial charge in [-0.15, -0.1) is 0 Å². The predicted molar refractivity (Wildman–Crippen MR) is 203 cm³/mol. The molecule has 0 bridgehead atoms. The van der Waals surface area contributed by atoms with E-state index >= 15 is 0 Å². The molecule has 0 saturated carbocycles. The maximum Gasteiger partial charge on any atom is 0.239 e. The summed E-state index contributed by atoms with van der Waals surface area (Å²) in [5, 5.41) is 6.94. The normalized spacial score (nSPS) is 18.2. The molecule has 7 heterocycles. The summed E-state index contributed by atoms with van der Waals surface area (Å²) in [5.74, 6) is 2.05. The van der Waals surface area contributed by atoms with E-state index in [4.69, 9.17) is 9.98 Å². The van der Waals surface area contributed by atoms with Gasteiger partial charge in [-0.2, -0.15) is 0 Å². The third-order valence-corrected chi connectivity index (χ3v) is 9.64. The highest BCUT2D eigenvalue weighted by atomic mass is 15.4. The van der Waals surface area contributed by atoms with Crippen molar-refractivity contribution in [1.82, 2.24) is 24.8 Å². The Balaban J connectivity index is 1.12. The van der Waals surface area contributed by atoms with Crippen LogP contribution in [-0.4, -0.2) is 75.0 Å². The van der Waals surface area contributed by atoms with Crippen molar-refractivity contribution in [2.75, 3.05) is 46.6 Å². The van der Waals surface area contributed by atoms with Crippen LogP contribution in [0.15, 0.2) is 111 Å². The Kier molecular flexibility index (Phi) is 8.20. The second-order valence-electron chi connectivity index (χ2n) is 13.0. The Labute approximate surface area is 296 Å². The number of benzene rings is 2. The van der Waals surface area contributed by atoms with Crippen LogP contribution in [0.1, 0.15) is 49.7 Å². The molecule has 13 heteroatoms. The zero-order valence-corrected chi connectivity index (χ0v) is 28.2. The van der Waals surface area contributed by atoms with Crippen molar-refractivity contribution >= 4 is 64.3 Å². The van der Waals surface area contributed by atoms with Crippen LogP contribution in [0.2, 0.25) is 0 Å². The maximum atomic E-state index is 5.02. The Hall–Kier alpha value is -6.24. The number of guanidine groups is 2. The zero-order valence-electron chi connectivity index (χ0n) is 28.2. The number of aliphatic imine (C=N–C) groups is 4. The molecule has 2 N–H and O–H groups in total. The molecule has 9 rings (SSSR count). The molecule has 254 valence electrons. The molecule has 0 radical (unpaired) electrons. The van der Waals surface area contributed by atoms with Crippen LogP contribution < -0.4 is 20.4 Å². The van der Waals surface area contributed by atoms with E-state index in [0.29, 0.717) is 23.8 Å². The lowest BCUT2D eigenvalue weighted by Crippen LogP contribution is -2.40. The van der Waals surface area contributed by atoms with Crippen molar-refractivity contribution in [2.45, 2.75) is 38.5 Å². The van der Waals surface area contributed by atoms with Gasteiger partial charge in [-0.3, -0.25) is 0 Å². The molecular formula is C38H37N13. The van der Waals surface area contributed by atoms with Crippen molar-refractivity contribution in [3.8, 4) is 0 Å². The summed E-state index contributed by atoms with van der Waals surface area (Å²) in [6.45, 7) is 4.16. The summed E-state index contributed by atoms with van der Waals surface area (Å²) >= 11 is 0. The summed E-state index contributed by atoms with van der Waals surface area (Å²) in [7, 11) is 0. The Bertz CT molecular complexity index is 2020. The van der Waals surface area contributed by atoms with Gasteiger partial charge < -0.3 is 20.4 Å². The molecule has 13 nitrogen and oxygen atoms in total. The van der Waals surface area contributed by atoms with Crippen molar-refractivity contribution in [1.29, 1.82) is 0 Å². The molecule has 5 aliphatic heterocycles. The molecule has 5 aliphatic rings. The lowest BCUT2D eigenvalue weighted by molar-refractivity contribution is 0.578. The third-order valence-electron chi connectivity index (χ3n) is 9.64. The fourth-order valence-corrected chi connectivity index (χ4v) is 7.12. The first-order valence-corrected chi connectivity index (χ1v) is 17.6. The van der Waals surface area contributed by atoms with Gasteiger partial charge in [-0.25, -0.2) is 44.8 Å². The maximum absolute atomic E-state index is 5.02. The van der Waals surface area contributed by atoms with E-state index in [2.05, 4.69) is 98.9 Å². The molecule has 0 unspecified atom stereocenters. The SMILES string of the molecule is C1=NC2=NC(c3ccc(N4CCCCC4)cc3Nc3ncccn3)=CC3=CC(c4ccc(N5CCCCC5)cc4Nc4ncccn4)=NC(=N1)N32. The molecule has 2 aromatic heterocycles. The van der Waals surface area contributed by atoms with Gasteiger partial charge in [0.1, 0.15) is 6.34 Å². The predicted octanol–water partition coefficient (Wildman–Crippen LogP) is 6.53. The van der Waals surface area contributed by atoms with E-state index in [1.807, 2.05) is 17.0 Å². The van der Waals surface area contributed by atoms with Crippen LogP contribution >= 0.6 is 0 Å². The average molecular weight is 676 g/mol. The highest BCUT2D eigenvalue weighted by Crippen LogP contribution is 2.37. The lowest BCUT2D eigenvalue weighted by Gasteiger charge is -2.33. The topological polar surface area (TPSA) is 135 Å². The summed E-state index contributed by atoms with van der Waals surface area (Å²) in [6.07, 6.45) is 19.9. The first-order chi connectivity index (χ1) is 25.2. The number of anilines is 6. The lowest BCUT2D eigenvalue weighted by atomic mass is 10.0. The van der Waals surface area contributed by atoms with Gasteiger partial charge in [-0.05, 0) is 99.2 Å². The second-order valence-corrected chi connectivity index (χ2v) is 13.0. The molecule has 2 aromatic carbocycles. The van der Waals surface area contributed by atoms with Gasteiger partial charge in [0.05, 0.1) is 28.5 Å². The summed E-state index contributed by atoms with van der Waals surface area (Å²) < 4.78 is 0. The first kappa shape index (κ1) is 30.8. The average Bonchev–Trinajstić information content (AvgIpc) is 3.19. The van der Waals surface area contributed by atoms with Crippen molar-refractivity contribution < 1.29 is 0 Å². The van der Waals surface area contributed by atoms with Gasteiger partial charge in [0.25, 0.3) is 0 Å². The number of rotatable bonds is 8. The highest BCUT2D eigenvalue weighted by molar-refractivity contribution is 6.24. The Morgan fingerprint density at radius 3 is 1.75 bits per heavy atom. The van der Waals surface area contributed by atoms with E-state index in [1.165, 1.54) is 44.9 Å². The molecule has 0 atom stereocenters. The number of hydrogen-bond donors (Lipinski definition) is 2. The Morgan fingerprint density at radius 2 is 1.14 bits per heavy atom. The molecule has 0 spiro atoms. The summed E-state index contributed by atoms with van der Waals surface area (Å²) in [5.41, 5.74) is 8.26. The van der Waals surface area contributed by atoms with E-state index in [1.54, 1.807) is 24.8 Å². The van der Waals surface area contributed by atoms with Crippen molar-refractivity contribution in [3.63, 3.8) is 0 Å². The number of piperidine rings is 2. The van der Waals surface area contributed by atoms with Crippen LogP contribution in [0.4, 0.5) is 34.6 Å². The first-order valence-electron chi connectivity index (χ1n) is 17.6. The minimum Gasteiger partial charge on any atom is -0.371 e.